The summed E-state index contributed by atoms with van der Waals surface area (Å²) in [5.41, 5.74) is 0. The van der Waals surface area contributed by atoms with Gasteiger partial charge in [-0.3, -0.25) is 4.79 Å². The minimum absolute atomic E-state index is 0.419. The van der Waals surface area contributed by atoms with E-state index in [4.69, 9.17) is 5.11 Å². The Morgan fingerprint density at radius 2 is 2.00 bits per heavy atom. The number of aliphatic hydroxyl groups excluding tert-OH is 1. The van der Waals surface area contributed by atoms with Gasteiger partial charge in [-0.25, -0.2) is 8.78 Å². The van der Waals surface area contributed by atoms with Crippen LogP contribution in [-0.2, 0) is 4.79 Å². The fourth-order valence-corrected chi connectivity index (χ4v) is 1.11. The van der Waals surface area contributed by atoms with E-state index in [9.17, 15) is 26.7 Å². The predicted octanol–water partition coefficient (Wildman–Crippen LogP) is 1.38. The molecule has 0 heterocycles. The molecule has 0 fully saturated rings. The van der Waals surface area contributed by atoms with Gasteiger partial charge in [-0.15, -0.1) is 0 Å². The summed E-state index contributed by atoms with van der Waals surface area (Å²) >= 11 is 0. The number of amides is 1. The minimum Gasteiger partial charge on any atom is -0.481 e. The monoisotopic (exact) mass is 299 g/mol. The highest BCUT2D eigenvalue weighted by Crippen LogP contribution is 2.19. The maximum atomic E-state index is 13.1. The summed E-state index contributed by atoms with van der Waals surface area (Å²) in [7, 11) is 0. The highest BCUT2D eigenvalue weighted by Gasteiger charge is 2.38. The first-order valence-electron chi connectivity index (χ1n) is 5.29. The van der Waals surface area contributed by atoms with Gasteiger partial charge in [-0.05, 0) is 12.1 Å². The van der Waals surface area contributed by atoms with Crippen LogP contribution in [0, 0.1) is 11.6 Å². The second-order valence-electron chi connectivity index (χ2n) is 3.72. The molecule has 0 bridgehead atoms. The van der Waals surface area contributed by atoms with Gasteiger partial charge >= 0.3 is 6.18 Å². The molecule has 0 aromatic heterocycles. The maximum absolute atomic E-state index is 13.1. The van der Waals surface area contributed by atoms with Crippen LogP contribution in [0.5, 0.6) is 5.75 Å². The SMILES string of the molecule is O=C(COc1ccc(F)cc1F)NCC(O)C(F)(F)F. The number of carbonyl (C=O) groups is 1. The van der Waals surface area contributed by atoms with E-state index in [0.717, 1.165) is 12.1 Å². The zero-order valence-electron chi connectivity index (χ0n) is 9.88. The molecule has 0 radical (unpaired) electrons. The molecule has 1 aromatic carbocycles. The standard InChI is InChI=1S/C11H10F5NO3/c12-6-1-2-8(7(13)3-6)20-5-10(19)17-4-9(18)11(14,15)16/h1-3,9,18H,4-5H2,(H,17,19). The van der Waals surface area contributed by atoms with Crippen molar-refractivity contribution in [1.29, 1.82) is 0 Å². The lowest BCUT2D eigenvalue weighted by molar-refractivity contribution is -0.201. The van der Waals surface area contributed by atoms with Gasteiger partial charge in [0.15, 0.2) is 24.3 Å². The fraction of sp³-hybridized carbons (Fsp3) is 0.364. The van der Waals surface area contributed by atoms with Crippen molar-refractivity contribution in [3.63, 3.8) is 0 Å². The van der Waals surface area contributed by atoms with Crippen LogP contribution in [0.15, 0.2) is 18.2 Å². The summed E-state index contributed by atoms with van der Waals surface area (Å²) in [6.45, 7) is -1.81. The molecule has 0 aliphatic carbocycles. The average molecular weight is 299 g/mol. The molecular formula is C11H10F5NO3. The van der Waals surface area contributed by atoms with E-state index in [1.165, 1.54) is 0 Å². The van der Waals surface area contributed by atoms with Gasteiger partial charge in [0.1, 0.15) is 5.82 Å². The smallest absolute Gasteiger partial charge is 0.416 e. The van der Waals surface area contributed by atoms with Crippen molar-refractivity contribution in [3.8, 4) is 5.75 Å². The summed E-state index contributed by atoms with van der Waals surface area (Å²) in [6.07, 6.45) is -7.55. The third kappa shape index (κ3) is 5.00. The first kappa shape index (κ1) is 16.2. The van der Waals surface area contributed by atoms with Crippen molar-refractivity contribution >= 4 is 5.91 Å². The Kier molecular flexibility index (Phi) is 5.26. The molecule has 0 saturated heterocycles. The topological polar surface area (TPSA) is 58.6 Å². The summed E-state index contributed by atoms with van der Waals surface area (Å²) in [4.78, 5) is 11.1. The number of hydrogen-bond donors (Lipinski definition) is 2. The number of rotatable bonds is 5. The second kappa shape index (κ2) is 6.51. The number of benzene rings is 1. The number of aliphatic hydroxyl groups is 1. The van der Waals surface area contributed by atoms with Crippen LogP contribution >= 0.6 is 0 Å². The number of hydrogen-bond acceptors (Lipinski definition) is 3. The Balaban J connectivity index is 2.40. The van der Waals surface area contributed by atoms with Crippen LogP contribution in [-0.4, -0.2) is 36.4 Å². The fourth-order valence-electron chi connectivity index (χ4n) is 1.11. The zero-order chi connectivity index (χ0) is 15.3. The Labute approximate surface area is 110 Å². The quantitative estimate of drug-likeness (QED) is 0.808. The summed E-state index contributed by atoms with van der Waals surface area (Å²) in [6, 6.07) is 2.35. The van der Waals surface area contributed by atoms with Crippen molar-refractivity contribution in [2.75, 3.05) is 13.2 Å². The van der Waals surface area contributed by atoms with Gasteiger partial charge in [0.05, 0.1) is 6.54 Å². The van der Waals surface area contributed by atoms with E-state index >= 15 is 0 Å². The molecule has 1 atom stereocenters. The van der Waals surface area contributed by atoms with E-state index in [1.54, 1.807) is 5.32 Å². The Hall–Kier alpha value is -1.90. The predicted molar refractivity (Wildman–Crippen MR) is 56.9 cm³/mol. The molecule has 2 N–H and O–H groups in total. The molecule has 20 heavy (non-hydrogen) atoms. The van der Waals surface area contributed by atoms with Crippen molar-refractivity contribution in [2.45, 2.75) is 12.3 Å². The third-order valence-electron chi connectivity index (χ3n) is 2.12. The van der Waals surface area contributed by atoms with E-state index in [-0.39, 0.29) is 0 Å². The van der Waals surface area contributed by atoms with Crippen molar-refractivity contribution in [1.82, 2.24) is 5.32 Å². The molecule has 4 nitrogen and oxygen atoms in total. The normalized spacial score (nSPS) is 12.9. The number of carbonyl (C=O) groups excluding carboxylic acids is 1. The Morgan fingerprint density at radius 1 is 1.35 bits per heavy atom. The summed E-state index contributed by atoms with van der Waals surface area (Å²) < 4.78 is 66.1. The summed E-state index contributed by atoms with van der Waals surface area (Å²) in [5, 5.41) is 10.4. The largest absolute Gasteiger partial charge is 0.481 e. The highest BCUT2D eigenvalue weighted by molar-refractivity contribution is 5.77. The van der Waals surface area contributed by atoms with E-state index in [1.807, 2.05) is 0 Å². The first-order valence-corrected chi connectivity index (χ1v) is 5.29. The van der Waals surface area contributed by atoms with E-state index in [0.29, 0.717) is 6.07 Å². The average Bonchev–Trinajstić information content (AvgIpc) is 2.33. The van der Waals surface area contributed by atoms with Crippen LogP contribution in [0.2, 0.25) is 0 Å². The number of nitrogens with one attached hydrogen (secondary N) is 1. The van der Waals surface area contributed by atoms with Crippen molar-refractivity contribution < 1.29 is 36.6 Å². The molecule has 0 aliphatic heterocycles. The molecule has 0 aliphatic rings. The van der Waals surface area contributed by atoms with Crippen LogP contribution in [0.3, 0.4) is 0 Å². The maximum Gasteiger partial charge on any atom is 0.416 e. The van der Waals surface area contributed by atoms with E-state index < -0.39 is 48.7 Å². The van der Waals surface area contributed by atoms with Gasteiger partial charge in [0.2, 0.25) is 0 Å². The number of ether oxygens (including phenoxy) is 1. The molecule has 9 heteroatoms. The molecule has 1 rings (SSSR count). The Morgan fingerprint density at radius 3 is 2.55 bits per heavy atom. The van der Waals surface area contributed by atoms with Gasteiger partial charge < -0.3 is 15.2 Å². The lowest BCUT2D eigenvalue weighted by Crippen LogP contribution is -2.42. The molecule has 1 aromatic rings. The molecule has 112 valence electrons. The lowest BCUT2D eigenvalue weighted by Gasteiger charge is -2.15. The summed E-state index contributed by atoms with van der Waals surface area (Å²) in [5.74, 6) is -3.30. The van der Waals surface area contributed by atoms with Gasteiger partial charge in [0, 0.05) is 6.07 Å². The van der Waals surface area contributed by atoms with Crippen molar-refractivity contribution in [3.05, 3.63) is 29.8 Å². The Bertz CT molecular complexity index is 478. The van der Waals surface area contributed by atoms with E-state index in [2.05, 4.69) is 4.74 Å². The molecule has 0 spiro atoms. The van der Waals surface area contributed by atoms with Gasteiger partial charge in [-0.1, -0.05) is 0 Å². The molecule has 1 unspecified atom stereocenters. The lowest BCUT2D eigenvalue weighted by atomic mass is 10.3. The van der Waals surface area contributed by atoms with Gasteiger partial charge in [-0.2, -0.15) is 13.2 Å². The highest BCUT2D eigenvalue weighted by atomic mass is 19.4. The molecule has 1 amide bonds. The minimum atomic E-state index is -4.85. The molecular weight excluding hydrogens is 289 g/mol. The van der Waals surface area contributed by atoms with Crippen LogP contribution in [0.4, 0.5) is 22.0 Å². The van der Waals surface area contributed by atoms with Crippen LogP contribution in [0.1, 0.15) is 0 Å². The van der Waals surface area contributed by atoms with Crippen LogP contribution in [0.25, 0.3) is 0 Å². The molecule has 0 saturated carbocycles. The number of halogens is 5. The first-order chi connectivity index (χ1) is 9.20. The van der Waals surface area contributed by atoms with Crippen LogP contribution < -0.4 is 10.1 Å². The zero-order valence-corrected chi connectivity index (χ0v) is 9.88. The second-order valence-corrected chi connectivity index (χ2v) is 3.72. The number of alkyl halides is 3. The van der Waals surface area contributed by atoms with Crippen molar-refractivity contribution in [2.24, 2.45) is 0 Å². The third-order valence-corrected chi connectivity index (χ3v) is 2.12. The van der Waals surface area contributed by atoms with Gasteiger partial charge in [0.25, 0.3) is 5.91 Å².